The minimum absolute atomic E-state index is 0.510. The molecule has 0 radical (unpaired) electrons. The number of rotatable bonds is 7. The minimum Gasteiger partial charge on any atom is -0.374 e. The number of allylic oxidation sites excluding steroid dienone is 2. The molecule has 120 valence electrons. The maximum atomic E-state index is 5.79. The van der Waals surface area contributed by atoms with Crippen molar-refractivity contribution in [3.05, 3.63) is 24.8 Å². The zero-order valence-electron chi connectivity index (χ0n) is 13.9. The molecule has 0 unspecified atom stereocenters. The normalized spacial score (nSPS) is 34.1. The molecule has 2 aliphatic carbocycles. The van der Waals surface area contributed by atoms with Crippen LogP contribution in [-0.2, 0) is 4.74 Å². The van der Waals surface area contributed by atoms with Gasteiger partial charge in [-0.1, -0.05) is 31.1 Å². The molecule has 0 spiro atoms. The van der Waals surface area contributed by atoms with Crippen molar-refractivity contribution in [1.29, 1.82) is 0 Å². The van der Waals surface area contributed by atoms with Gasteiger partial charge in [-0.3, -0.25) is 0 Å². The van der Waals surface area contributed by atoms with E-state index in [1.807, 2.05) is 6.08 Å². The van der Waals surface area contributed by atoms with Gasteiger partial charge < -0.3 is 4.74 Å². The Morgan fingerprint density at radius 3 is 2.00 bits per heavy atom. The van der Waals surface area contributed by atoms with Gasteiger partial charge in [-0.25, -0.2) is 0 Å². The molecule has 0 aromatic heterocycles. The van der Waals surface area contributed by atoms with Crippen molar-refractivity contribution < 1.29 is 4.74 Å². The van der Waals surface area contributed by atoms with Crippen LogP contribution in [0.5, 0.6) is 0 Å². The van der Waals surface area contributed by atoms with Crippen LogP contribution in [-0.4, -0.2) is 12.7 Å². The monoisotopic (exact) mass is 290 g/mol. The molecule has 0 aromatic rings. The summed E-state index contributed by atoms with van der Waals surface area (Å²) in [6.07, 6.45) is 21.1. The minimum atomic E-state index is 0.510. The fourth-order valence-electron chi connectivity index (χ4n) is 4.20. The molecule has 2 saturated carbocycles. The van der Waals surface area contributed by atoms with Crippen LogP contribution < -0.4 is 0 Å². The van der Waals surface area contributed by atoms with Crippen LogP contribution in [0.4, 0.5) is 0 Å². The van der Waals surface area contributed by atoms with E-state index in [2.05, 4.69) is 25.7 Å². The summed E-state index contributed by atoms with van der Waals surface area (Å²) in [4.78, 5) is 0. The average Bonchev–Trinajstić information content (AvgIpc) is 2.53. The molecule has 0 heterocycles. The van der Waals surface area contributed by atoms with Crippen LogP contribution in [0.3, 0.4) is 0 Å². The van der Waals surface area contributed by atoms with E-state index < -0.39 is 0 Å². The van der Waals surface area contributed by atoms with Crippen LogP contribution in [0.25, 0.3) is 0 Å². The highest BCUT2D eigenvalue weighted by molar-refractivity contribution is 4.89. The second-order valence-corrected chi connectivity index (χ2v) is 7.15. The fraction of sp³-hybridized carbons (Fsp3) is 0.800. The summed E-state index contributed by atoms with van der Waals surface area (Å²) >= 11 is 0. The summed E-state index contributed by atoms with van der Waals surface area (Å²) in [7, 11) is 0. The summed E-state index contributed by atoms with van der Waals surface area (Å²) in [5.74, 6) is 2.87. The Balaban J connectivity index is 1.57. The predicted molar refractivity (Wildman–Crippen MR) is 91.4 cm³/mol. The standard InChI is InChI=1S/C20H34O/c1-3-5-17-6-8-18(9-7-17)10-11-19-12-14-20(15-13-19)21-16-4-2/h3-5,17-20H,2,6-16H2,1H3. The van der Waals surface area contributed by atoms with E-state index in [9.17, 15) is 0 Å². The Morgan fingerprint density at radius 2 is 1.48 bits per heavy atom. The Bertz CT molecular complexity index is 304. The molecule has 1 heteroatoms. The third kappa shape index (κ3) is 5.98. The van der Waals surface area contributed by atoms with Gasteiger partial charge in [0.1, 0.15) is 0 Å². The van der Waals surface area contributed by atoms with Crippen molar-refractivity contribution in [2.24, 2.45) is 17.8 Å². The summed E-state index contributed by atoms with van der Waals surface area (Å²) < 4.78 is 5.79. The third-order valence-corrected chi connectivity index (χ3v) is 5.58. The van der Waals surface area contributed by atoms with Crippen molar-refractivity contribution in [2.45, 2.75) is 77.2 Å². The largest absolute Gasteiger partial charge is 0.374 e. The number of hydrogen-bond acceptors (Lipinski definition) is 1. The lowest BCUT2D eigenvalue weighted by atomic mass is 9.77. The van der Waals surface area contributed by atoms with E-state index in [1.54, 1.807) is 0 Å². The molecule has 0 atom stereocenters. The molecule has 2 aliphatic rings. The second-order valence-electron chi connectivity index (χ2n) is 7.15. The predicted octanol–water partition coefficient (Wildman–Crippen LogP) is 5.91. The number of hydrogen-bond donors (Lipinski definition) is 0. The second kappa shape index (κ2) is 9.46. The highest BCUT2D eigenvalue weighted by Crippen LogP contribution is 2.36. The molecule has 0 aliphatic heterocycles. The quantitative estimate of drug-likeness (QED) is 0.529. The molecular weight excluding hydrogens is 256 g/mol. The summed E-state index contributed by atoms with van der Waals surface area (Å²) in [5.41, 5.74) is 0. The van der Waals surface area contributed by atoms with Gasteiger partial charge in [-0.2, -0.15) is 0 Å². The molecule has 0 N–H and O–H groups in total. The van der Waals surface area contributed by atoms with Gasteiger partial charge in [0.2, 0.25) is 0 Å². The summed E-state index contributed by atoms with van der Waals surface area (Å²) in [5, 5.41) is 0. The van der Waals surface area contributed by atoms with Gasteiger partial charge >= 0.3 is 0 Å². The van der Waals surface area contributed by atoms with Crippen molar-refractivity contribution in [2.75, 3.05) is 6.61 Å². The molecule has 0 saturated heterocycles. The third-order valence-electron chi connectivity index (χ3n) is 5.58. The zero-order valence-corrected chi connectivity index (χ0v) is 13.9. The molecule has 0 bridgehead atoms. The Hall–Kier alpha value is -0.560. The maximum absolute atomic E-state index is 5.79. The van der Waals surface area contributed by atoms with Crippen molar-refractivity contribution in [3.63, 3.8) is 0 Å². The maximum Gasteiger partial charge on any atom is 0.0648 e. The first-order valence-electron chi connectivity index (χ1n) is 9.17. The smallest absolute Gasteiger partial charge is 0.0648 e. The van der Waals surface area contributed by atoms with Gasteiger partial charge in [-0.15, -0.1) is 6.58 Å². The first-order chi connectivity index (χ1) is 10.3. The van der Waals surface area contributed by atoms with Gasteiger partial charge in [0, 0.05) is 0 Å². The Labute approximate surface area is 131 Å². The average molecular weight is 290 g/mol. The SMILES string of the molecule is C=CCOC1CCC(CCC2CCC(C=CC)CC2)CC1. The van der Waals surface area contributed by atoms with E-state index in [0.717, 1.165) is 24.4 Å². The van der Waals surface area contributed by atoms with E-state index in [0.29, 0.717) is 6.10 Å². The van der Waals surface area contributed by atoms with Gasteiger partial charge in [-0.05, 0) is 76.0 Å². The first kappa shape index (κ1) is 16.8. The van der Waals surface area contributed by atoms with Crippen LogP contribution in [0, 0.1) is 17.8 Å². The first-order valence-corrected chi connectivity index (χ1v) is 9.17. The lowest BCUT2D eigenvalue weighted by molar-refractivity contribution is 0.0327. The highest BCUT2D eigenvalue weighted by Gasteiger charge is 2.24. The van der Waals surface area contributed by atoms with Gasteiger partial charge in [0.25, 0.3) is 0 Å². The summed E-state index contributed by atoms with van der Waals surface area (Å²) in [6.45, 7) is 6.61. The molecule has 2 rings (SSSR count). The summed E-state index contributed by atoms with van der Waals surface area (Å²) in [6, 6.07) is 0. The van der Waals surface area contributed by atoms with Crippen molar-refractivity contribution in [3.8, 4) is 0 Å². The highest BCUT2D eigenvalue weighted by atomic mass is 16.5. The number of ether oxygens (including phenoxy) is 1. The van der Waals surface area contributed by atoms with Crippen molar-refractivity contribution >= 4 is 0 Å². The molecule has 1 nitrogen and oxygen atoms in total. The lowest BCUT2D eigenvalue weighted by Gasteiger charge is -2.31. The molecule has 0 aromatic carbocycles. The van der Waals surface area contributed by atoms with Gasteiger partial charge in [0.05, 0.1) is 12.7 Å². The molecule has 21 heavy (non-hydrogen) atoms. The van der Waals surface area contributed by atoms with Crippen LogP contribution >= 0.6 is 0 Å². The van der Waals surface area contributed by atoms with Crippen LogP contribution in [0.2, 0.25) is 0 Å². The van der Waals surface area contributed by atoms with Crippen LogP contribution in [0.1, 0.15) is 71.1 Å². The Morgan fingerprint density at radius 1 is 0.905 bits per heavy atom. The van der Waals surface area contributed by atoms with Crippen molar-refractivity contribution in [1.82, 2.24) is 0 Å². The van der Waals surface area contributed by atoms with E-state index in [-0.39, 0.29) is 0 Å². The fourth-order valence-corrected chi connectivity index (χ4v) is 4.20. The van der Waals surface area contributed by atoms with Crippen LogP contribution in [0.15, 0.2) is 24.8 Å². The Kier molecular flexibility index (Phi) is 7.57. The van der Waals surface area contributed by atoms with E-state index in [4.69, 9.17) is 4.74 Å². The molecule has 2 fully saturated rings. The van der Waals surface area contributed by atoms with Gasteiger partial charge in [0.15, 0.2) is 0 Å². The molecule has 0 amide bonds. The topological polar surface area (TPSA) is 9.23 Å². The van der Waals surface area contributed by atoms with E-state index >= 15 is 0 Å². The zero-order chi connectivity index (χ0) is 14.9. The molecular formula is C20H34O. The lowest BCUT2D eigenvalue weighted by Crippen LogP contribution is -2.22. The van der Waals surface area contributed by atoms with E-state index in [1.165, 1.54) is 64.2 Å².